The summed E-state index contributed by atoms with van der Waals surface area (Å²) in [4.78, 5) is 65.8. The average Bonchev–Trinajstić information content (AvgIpc) is 3.30. The van der Waals surface area contributed by atoms with E-state index < -0.39 is 30.3 Å². The highest BCUT2D eigenvalue weighted by Crippen LogP contribution is 2.61. The Morgan fingerprint density at radius 1 is 0.682 bits per heavy atom. The second-order valence-corrected chi connectivity index (χ2v) is 11.2. The minimum Gasteiger partial charge on any atom is -0.452 e. The number of ether oxygens (including phenoxy) is 1. The summed E-state index contributed by atoms with van der Waals surface area (Å²) in [6, 6.07) is 28.7. The molecule has 0 unspecified atom stereocenters. The first-order valence-corrected chi connectivity index (χ1v) is 14.3. The summed E-state index contributed by atoms with van der Waals surface area (Å²) in [5.74, 6) is -3.63. The van der Waals surface area contributed by atoms with E-state index in [1.807, 2.05) is 48.5 Å². The van der Waals surface area contributed by atoms with E-state index in [-0.39, 0.29) is 35.1 Å². The summed E-state index contributed by atoms with van der Waals surface area (Å²) in [7, 11) is 0. The summed E-state index contributed by atoms with van der Waals surface area (Å²) in [5.41, 5.74) is 5.78. The van der Waals surface area contributed by atoms with E-state index >= 15 is 0 Å². The van der Waals surface area contributed by atoms with E-state index in [1.165, 1.54) is 24.0 Å². The number of imide groups is 1. The highest BCUT2D eigenvalue weighted by Gasteiger charge is 2.61. The van der Waals surface area contributed by atoms with Crippen LogP contribution in [0.5, 0.6) is 0 Å². The van der Waals surface area contributed by atoms with Crippen LogP contribution < -0.4 is 15.5 Å². The zero-order valence-electron chi connectivity index (χ0n) is 23.7. The molecule has 2 bridgehead atoms. The van der Waals surface area contributed by atoms with Gasteiger partial charge in [0.15, 0.2) is 6.61 Å². The number of anilines is 3. The normalized spacial score (nSPS) is 20.8. The number of nitrogens with zero attached hydrogens (tertiary/aromatic N) is 1. The Labute approximate surface area is 252 Å². The Bertz CT molecular complexity index is 1750. The number of hydrogen-bond donors (Lipinski definition) is 2. The Morgan fingerprint density at radius 3 is 1.68 bits per heavy atom. The van der Waals surface area contributed by atoms with Gasteiger partial charge in [0.2, 0.25) is 17.7 Å². The van der Waals surface area contributed by atoms with Gasteiger partial charge in [-0.2, -0.15) is 0 Å². The molecule has 2 atom stereocenters. The van der Waals surface area contributed by atoms with E-state index in [0.29, 0.717) is 17.1 Å². The number of benzene rings is 4. The van der Waals surface area contributed by atoms with Gasteiger partial charge in [0.25, 0.3) is 5.91 Å². The zero-order chi connectivity index (χ0) is 30.5. The van der Waals surface area contributed by atoms with E-state index in [2.05, 4.69) is 10.6 Å². The standard InChI is InChI=1S/C35H27N3O6/c1-19(39)36-21-13-15-22(16-14-21)37-28(40)18-44-35(43)20-7-6-8-23(17-20)38-33(41)31-29-24-9-2-3-10-25(24)30(32(31)34(38)42)27-12-5-4-11-26(27)29/h2-17,29-32H,18H2,1H3,(H,36,39)(H,37,40)/t29?,30?,31-,32+. The molecular formula is C35H27N3O6. The van der Waals surface area contributed by atoms with E-state index in [0.717, 1.165) is 22.3 Å². The molecule has 1 fully saturated rings. The second kappa shape index (κ2) is 10.6. The van der Waals surface area contributed by atoms with E-state index in [9.17, 15) is 24.0 Å². The molecule has 4 aromatic rings. The molecule has 218 valence electrons. The fourth-order valence-corrected chi connectivity index (χ4v) is 6.96. The highest BCUT2D eigenvalue weighted by atomic mass is 16.5. The zero-order valence-corrected chi connectivity index (χ0v) is 23.7. The Kier molecular flexibility index (Phi) is 6.58. The molecule has 4 aromatic carbocycles. The molecular weight excluding hydrogens is 558 g/mol. The van der Waals surface area contributed by atoms with Crippen molar-refractivity contribution >= 4 is 46.7 Å². The van der Waals surface area contributed by atoms with Gasteiger partial charge in [0.1, 0.15) is 0 Å². The molecule has 1 heterocycles. The molecule has 0 saturated carbocycles. The van der Waals surface area contributed by atoms with Crippen molar-refractivity contribution in [1.82, 2.24) is 0 Å². The Morgan fingerprint density at radius 2 is 1.18 bits per heavy atom. The van der Waals surface area contributed by atoms with Crippen molar-refractivity contribution in [3.8, 4) is 0 Å². The van der Waals surface area contributed by atoms with Crippen molar-refractivity contribution in [2.24, 2.45) is 11.8 Å². The third-order valence-electron chi connectivity index (χ3n) is 8.61. The van der Waals surface area contributed by atoms with Gasteiger partial charge >= 0.3 is 5.97 Å². The van der Waals surface area contributed by atoms with Gasteiger partial charge in [-0.3, -0.25) is 19.2 Å². The largest absolute Gasteiger partial charge is 0.452 e. The number of hydrogen-bond acceptors (Lipinski definition) is 6. The minimum atomic E-state index is -0.764. The fourth-order valence-electron chi connectivity index (χ4n) is 6.96. The quantitative estimate of drug-likeness (QED) is 0.247. The van der Waals surface area contributed by atoms with Crippen LogP contribution in [-0.4, -0.2) is 36.2 Å². The summed E-state index contributed by atoms with van der Waals surface area (Å²) >= 11 is 0. The van der Waals surface area contributed by atoms with Gasteiger partial charge < -0.3 is 15.4 Å². The number of carbonyl (C=O) groups excluding carboxylic acids is 5. The molecule has 4 amide bonds. The van der Waals surface area contributed by atoms with E-state index in [1.54, 1.807) is 36.4 Å². The maximum atomic E-state index is 14.0. The molecule has 44 heavy (non-hydrogen) atoms. The molecule has 9 nitrogen and oxygen atoms in total. The first-order valence-electron chi connectivity index (χ1n) is 14.3. The molecule has 0 radical (unpaired) electrons. The van der Waals surface area contributed by atoms with Gasteiger partial charge in [-0.15, -0.1) is 0 Å². The van der Waals surface area contributed by atoms with Crippen molar-refractivity contribution in [2.75, 3.05) is 22.1 Å². The van der Waals surface area contributed by atoms with Crippen LogP contribution in [0, 0.1) is 11.8 Å². The molecule has 2 N–H and O–H groups in total. The monoisotopic (exact) mass is 585 g/mol. The number of rotatable bonds is 6. The first kappa shape index (κ1) is 27.3. The van der Waals surface area contributed by atoms with Crippen molar-refractivity contribution < 1.29 is 28.7 Å². The van der Waals surface area contributed by atoms with Crippen LogP contribution in [0.1, 0.15) is 51.4 Å². The van der Waals surface area contributed by atoms with Crippen LogP contribution in [0.3, 0.4) is 0 Å². The lowest BCUT2D eigenvalue weighted by Gasteiger charge is -2.45. The van der Waals surface area contributed by atoms with Gasteiger partial charge in [0.05, 0.1) is 23.1 Å². The lowest BCUT2D eigenvalue weighted by Crippen LogP contribution is -2.41. The summed E-state index contributed by atoms with van der Waals surface area (Å²) in [6.45, 7) is 0.858. The molecule has 0 spiro atoms. The first-order chi connectivity index (χ1) is 21.3. The van der Waals surface area contributed by atoms with Gasteiger partial charge in [-0.1, -0.05) is 54.6 Å². The Hall–Kier alpha value is -5.57. The predicted octanol–water partition coefficient (Wildman–Crippen LogP) is 4.84. The van der Waals surface area contributed by atoms with Gasteiger partial charge in [-0.25, -0.2) is 9.69 Å². The number of amides is 4. The molecule has 0 aromatic heterocycles. The SMILES string of the molecule is CC(=O)Nc1ccc(NC(=O)COC(=O)c2cccc(N3C(=O)[C@@H]4C5c6ccccc6C(c6ccccc65)[C@@H]4C3=O)c2)cc1. The van der Waals surface area contributed by atoms with Crippen LogP contribution in [0.25, 0.3) is 0 Å². The van der Waals surface area contributed by atoms with Crippen LogP contribution in [0.15, 0.2) is 97.1 Å². The number of nitrogens with one attached hydrogen (secondary N) is 2. The molecule has 3 aliphatic carbocycles. The van der Waals surface area contributed by atoms with Crippen LogP contribution in [0.2, 0.25) is 0 Å². The maximum absolute atomic E-state index is 14.0. The van der Waals surface area contributed by atoms with Gasteiger partial charge in [0, 0.05) is 30.1 Å². The lowest BCUT2D eigenvalue weighted by atomic mass is 9.55. The Balaban J connectivity index is 1.08. The lowest BCUT2D eigenvalue weighted by molar-refractivity contribution is -0.122. The topological polar surface area (TPSA) is 122 Å². The van der Waals surface area contributed by atoms with Crippen LogP contribution in [-0.2, 0) is 23.9 Å². The summed E-state index contributed by atoms with van der Waals surface area (Å²) in [6.07, 6.45) is 0. The smallest absolute Gasteiger partial charge is 0.338 e. The summed E-state index contributed by atoms with van der Waals surface area (Å²) < 4.78 is 5.24. The van der Waals surface area contributed by atoms with Crippen molar-refractivity contribution in [1.29, 1.82) is 0 Å². The fraction of sp³-hybridized carbons (Fsp3) is 0.171. The molecule has 4 aliphatic rings. The average molecular weight is 586 g/mol. The van der Waals surface area contributed by atoms with Crippen molar-refractivity contribution in [3.05, 3.63) is 125 Å². The maximum Gasteiger partial charge on any atom is 0.338 e. The van der Waals surface area contributed by atoms with Gasteiger partial charge in [-0.05, 0) is 64.7 Å². The third kappa shape index (κ3) is 4.44. The number of esters is 1. The van der Waals surface area contributed by atoms with Crippen LogP contribution in [0.4, 0.5) is 17.1 Å². The summed E-state index contributed by atoms with van der Waals surface area (Å²) in [5, 5.41) is 5.27. The third-order valence-corrected chi connectivity index (χ3v) is 8.61. The van der Waals surface area contributed by atoms with Crippen molar-refractivity contribution in [3.63, 3.8) is 0 Å². The molecule has 1 saturated heterocycles. The van der Waals surface area contributed by atoms with Crippen molar-refractivity contribution in [2.45, 2.75) is 18.8 Å². The molecule has 9 heteroatoms. The minimum absolute atomic E-state index is 0.111. The van der Waals surface area contributed by atoms with E-state index in [4.69, 9.17) is 4.74 Å². The molecule has 1 aliphatic heterocycles. The number of carbonyl (C=O) groups is 5. The molecule has 8 rings (SSSR count). The van der Waals surface area contributed by atoms with Crippen LogP contribution >= 0.6 is 0 Å². The highest BCUT2D eigenvalue weighted by molar-refractivity contribution is 6.23. The predicted molar refractivity (Wildman–Crippen MR) is 162 cm³/mol. The second-order valence-electron chi connectivity index (χ2n) is 11.2.